The number of aryl methyl sites for hydroxylation is 1. The molecule has 98 valence electrons. The number of rotatable bonds is 1. The van der Waals surface area contributed by atoms with Crippen LogP contribution < -0.4 is 4.31 Å². The molecule has 0 N–H and O–H groups in total. The highest BCUT2D eigenvalue weighted by molar-refractivity contribution is 14.1. The van der Waals surface area contributed by atoms with E-state index in [9.17, 15) is 8.42 Å². The average Bonchev–Trinajstić information content (AvgIpc) is 2.78. The van der Waals surface area contributed by atoms with E-state index in [4.69, 9.17) is 0 Å². The van der Waals surface area contributed by atoms with Crippen molar-refractivity contribution in [3.05, 3.63) is 29.3 Å². The maximum atomic E-state index is 12.2. The van der Waals surface area contributed by atoms with Gasteiger partial charge in [0.05, 0.1) is 18.0 Å². The Labute approximate surface area is 122 Å². The number of para-hydroxylation sites is 1. The van der Waals surface area contributed by atoms with Gasteiger partial charge in [0.25, 0.3) is 0 Å². The summed E-state index contributed by atoms with van der Waals surface area (Å²) in [6, 6.07) is 6.26. The van der Waals surface area contributed by atoms with Gasteiger partial charge in [0.2, 0.25) is 10.0 Å². The van der Waals surface area contributed by atoms with Crippen LogP contribution >= 0.6 is 22.6 Å². The van der Waals surface area contributed by atoms with Gasteiger partial charge in [0.1, 0.15) is 0 Å². The van der Waals surface area contributed by atoms with Crippen molar-refractivity contribution in [2.45, 2.75) is 35.6 Å². The zero-order valence-electron chi connectivity index (χ0n) is 10.4. The van der Waals surface area contributed by atoms with Crippen LogP contribution in [0.2, 0.25) is 0 Å². The van der Waals surface area contributed by atoms with E-state index in [1.807, 2.05) is 19.1 Å². The van der Waals surface area contributed by atoms with Gasteiger partial charge in [-0.25, -0.2) is 8.42 Å². The Morgan fingerprint density at radius 3 is 2.72 bits per heavy atom. The summed E-state index contributed by atoms with van der Waals surface area (Å²) in [4.78, 5) is 0. The van der Waals surface area contributed by atoms with E-state index in [0.717, 1.165) is 24.1 Å². The molecular weight excluding hydrogens is 361 g/mol. The molecule has 1 fully saturated rings. The van der Waals surface area contributed by atoms with Gasteiger partial charge in [-0.2, -0.15) is 0 Å². The molecule has 1 aromatic carbocycles. The van der Waals surface area contributed by atoms with Crippen molar-refractivity contribution in [1.29, 1.82) is 0 Å². The molecule has 1 aliphatic heterocycles. The molecular formula is C13H16INO2S. The smallest absolute Gasteiger partial charge is 0.232 e. The van der Waals surface area contributed by atoms with Crippen LogP contribution in [0.4, 0.5) is 5.69 Å². The van der Waals surface area contributed by atoms with E-state index in [1.54, 1.807) is 4.31 Å². The monoisotopic (exact) mass is 377 g/mol. The first-order valence-corrected chi connectivity index (χ1v) is 9.23. The van der Waals surface area contributed by atoms with Crippen LogP contribution in [0.5, 0.6) is 0 Å². The number of anilines is 1. The molecule has 0 radical (unpaired) electrons. The zero-order chi connectivity index (χ0) is 13.1. The van der Waals surface area contributed by atoms with E-state index in [1.165, 1.54) is 11.8 Å². The molecule has 1 saturated carbocycles. The van der Waals surface area contributed by atoms with Gasteiger partial charge >= 0.3 is 0 Å². The van der Waals surface area contributed by atoms with Crippen molar-refractivity contribution in [2.24, 2.45) is 0 Å². The fraction of sp³-hybridized carbons (Fsp3) is 0.538. The molecule has 0 bridgehead atoms. The molecule has 3 unspecified atom stereocenters. The lowest BCUT2D eigenvalue weighted by Gasteiger charge is -2.27. The van der Waals surface area contributed by atoms with Gasteiger partial charge in [0.15, 0.2) is 0 Å². The second kappa shape index (κ2) is 4.10. The Morgan fingerprint density at radius 1 is 1.33 bits per heavy atom. The lowest BCUT2D eigenvalue weighted by Crippen LogP contribution is -2.41. The van der Waals surface area contributed by atoms with E-state index in [-0.39, 0.29) is 6.04 Å². The Kier molecular flexibility index (Phi) is 2.89. The minimum Gasteiger partial charge on any atom is -0.265 e. The van der Waals surface area contributed by atoms with Crippen molar-refractivity contribution in [3.8, 4) is 0 Å². The predicted octanol–water partition coefficient (Wildman–Crippen LogP) is 2.82. The summed E-state index contributed by atoms with van der Waals surface area (Å²) in [6.45, 7) is 2.00. The van der Waals surface area contributed by atoms with Crippen LogP contribution in [-0.4, -0.2) is 24.6 Å². The molecule has 0 saturated heterocycles. The fourth-order valence-electron chi connectivity index (χ4n) is 3.40. The maximum Gasteiger partial charge on any atom is 0.232 e. The largest absolute Gasteiger partial charge is 0.265 e. The van der Waals surface area contributed by atoms with Gasteiger partial charge in [-0.1, -0.05) is 40.8 Å². The van der Waals surface area contributed by atoms with Crippen molar-refractivity contribution < 1.29 is 8.42 Å². The minimum absolute atomic E-state index is 0.122. The van der Waals surface area contributed by atoms with Crippen LogP contribution in [0.15, 0.2) is 18.2 Å². The predicted molar refractivity (Wildman–Crippen MR) is 82.1 cm³/mol. The van der Waals surface area contributed by atoms with Crippen molar-refractivity contribution in [2.75, 3.05) is 10.6 Å². The topological polar surface area (TPSA) is 37.4 Å². The van der Waals surface area contributed by atoms with Crippen molar-refractivity contribution >= 4 is 38.3 Å². The molecule has 3 rings (SSSR count). The van der Waals surface area contributed by atoms with E-state index < -0.39 is 10.0 Å². The molecule has 3 atom stereocenters. The molecule has 1 aromatic rings. The van der Waals surface area contributed by atoms with Crippen LogP contribution in [0.1, 0.15) is 29.9 Å². The quantitative estimate of drug-likeness (QED) is 0.558. The first-order valence-electron chi connectivity index (χ1n) is 6.14. The second-order valence-electron chi connectivity index (χ2n) is 5.26. The van der Waals surface area contributed by atoms with Crippen molar-refractivity contribution in [3.63, 3.8) is 0 Å². The van der Waals surface area contributed by atoms with Crippen molar-refractivity contribution in [1.82, 2.24) is 0 Å². The molecule has 1 heterocycles. The van der Waals surface area contributed by atoms with Crippen LogP contribution in [0.3, 0.4) is 0 Å². The molecule has 0 aromatic heterocycles. The van der Waals surface area contributed by atoms with Gasteiger partial charge in [0, 0.05) is 9.84 Å². The number of sulfonamides is 1. The summed E-state index contributed by atoms with van der Waals surface area (Å²) in [5.74, 6) is 0.386. The van der Waals surface area contributed by atoms with E-state index in [2.05, 4.69) is 28.7 Å². The van der Waals surface area contributed by atoms with Gasteiger partial charge in [-0.3, -0.25) is 4.31 Å². The number of alkyl halides is 1. The minimum atomic E-state index is -3.20. The Bertz CT molecular complexity index is 599. The molecule has 1 aliphatic carbocycles. The third-order valence-electron chi connectivity index (χ3n) is 4.05. The number of hydrogen-bond acceptors (Lipinski definition) is 2. The summed E-state index contributed by atoms with van der Waals surface area (Å²) in [6.07, 6.45) is 3.53. The number of halogens is 1. The van der Waals surface area contributed by atoms with Gasteiger partial charge in [-0.05, 0) is 30.9 Å². The van der Waals surface area contributed by atoms with E-state index in [0.29, 0.717) is 9.84 Å². The van der Waals surface area contributed by atoms with Gasteiger partial charge in [-0.15, -0.1) is 0 Å². The molecule has 0 amide bonds. The molecule has 5 heteroatoms. The number of benzene rings is 1. The number of fused-ring (bicyclic) bond motifs is 3. The summed E-state index contributed by atoms with van der Waals surface area (Å²) in [5, 5.41) is 0. The van der Waals surface area contributed by atoms with Gasteiger partial charge < -0.3 is 0 Å². The SMILES string of the molecule is Cc1cccc2c1N(S(C)(=O)=O)C1C(I)CCC21. The highest BCUT2D eigenvalue weighted by Gasteiger charge is 2.49. The highest BCUT2D eigenvalue weighted by Crippen LogP contribution is 2.53. The highest BCUT2D eigenvalue weighted by atomic mass is 127. The summed E-state index contributed by atoms with van der Waals surface area (Å²) < 4.78 is 26.4. The molecule has 2 aliphatic rings. The standard InChI is InChI=1S/C13H16INO2S/c1-8-4-3-5-9-10-6-7-11(14)13(10)15(12(8)9)18(2,16)17/h3-5,10-11,13H,6-7H2,1-2H3. The summed E-state index contributed by atoms with van der Waals surface area (Å²) in [5.41, 5.74) is 3.23. The van der Waals surface area contributed by atoms with Crippen LogP contribution in [0, 0.1) is 6.92 Å². The number of nitrogens with zero attached hydrogens (tertiary/aromatic N) is 1. The lowest BCUT2D eigenvalue weighted by atomic mass is 9.96. The average molecular weight is 377 g/mol. The lowest BCUT2D eigenvalue weighted by molar-refractivity contribution is 0.581. The first kappa shape index (κ1) is 12.7. The Morgan fingerprint density at radius 2 is 2.06 bits per heavy atom. The molecule has 0 spiro atoms. The third kappa shape index (κ3) is 1.70. The number of hydrogen-bond donors (Lipinski definition) is 0. The second-order valence-corrected chi connectivity index (χ2v) is 8.72. The molecule has 3 nitrogen and oxygen atoms in total. The zero-order valence-corrected chi connectivity index (χ0v) is 13.4. The fourth-order valence-corrected chi connectivity index (χ4v) is 6.12. The van der Waals surface area contributed by atoms with Crippen LogP contribution in [-0.2, 0) is 10.0 Å². The Hall–Kier alpha value is -0.300. The first-order chi connectivity index (χ1) is 8.41. The third-order valence-corrected chi connectivity index (χ3v) is 6.55. The van der Waals surface area contributed by atoms with Crippen LogP contribution in [0.25, 0.3) is 0 Å². The normalized spacial score (nSPS) is 30.4. The Balaban J connectivity index is 2.25. The van der Waals surface area contributed by atoms with E-state index >= 15 is 0 Å². The molecule has 18 heavy (non-hydrogen) atoms. The summed E-state index contributed by atoms with van der Waals surface area (Å²) in [7, 11) is -3.20. The maximum absolute atomic E-state index is 12.2. The summed E-state index contributed by atoms with van der Waals surface area (Å²) >= 11 is 2.41.